The standard InChI is InChI=1S/C19H21NO4/c20-17(19(22)23-12-13-4-2-1-3-5-13)18(21)14-6-8-15(9-7-14)24-16-10-11-16/h1-9,16-18,21H,10-12,20H2/t17-,18+/m0/s1. The van der Waals surface area contributed by atoms with Gasteiger partial charge in [0.1, 0.15) is 24.5 Å². The molecule has 0 heterocycles. The van der Waals surface area contributed by atoms with E-state index in [0.717, 1.165) is 24.2 Å². The Bertz CT molecular complexity index is 668. The average molecular weight is 327 g/mol. The molecule has 0 radical (unpaired) electrons. The van der Waals surface area contributed by atoms with Gasteiger partial charge in [-0.1, -0.05) is 42.5 Å². The van der Waals surface area contributed by atoms with Crippen LogP contribution in [0.25, 0.3) is 0 Å². The Balaban J connectivity index is 1.54. The Morgan fingerprint density at radius 1 is 1.12 bits per heavy atom. The van der Waals surface area contributed by atoms with Gasteiger partial charge in [-0.05, 0) is 36.1 Å². The molecule has 0 unspecified atom stereocenters. The van der Waals surface area contributed by atoms with Gasteiger partial charge < -0.3 is 20.3 Å². The highest BCUT2D eigenvalue weighted by molar-refractivity contribution is 5.76. The van der Waals surface area contributed by atoms with Crippen LogP contribution in [-0.4, -0.2) is 23.2 Å². The fourth-order valence-electron chi connectivity index (χ4n) is 2.28. The number of carbonyl (C=O) groups is 1. The van der Waals surface area contributed by atoms with Crippen molar-refractivity contribution in [3.8, 4) is 5.75 Å². The second-order valence-corrected chi connectivity index (χ2v) is 5.95. The third-order valence-electron chi connectivity index (χ3n) is 3.88. The van der Waals surface area contributed by atoms with Gasteiger partial charge >= 0.3 is 5.97 Å². The lowest BCUT2D eigenvalue weighted by Gasteiger charge is -2.18. The number of ether oxygens (including phenoxy) is 2. The van der Waals surface area contributed by atoms with Crippen molar-refractivity contribution >= 4 is 5.97 Å². The van der Waals surface area contributed by atoms with Gasteiger partial charge in [0, 0.05) is 0 Å². The van der Waals surface area contributed by atoms with Crippen LogP contribution < -0.4 is 10.5 Å². The summed E-state index contributed by atoms with van der Waals surface area (Å²) in [6, 6.07) is 15.2. The Kier molecular flexibility index (Phi) is 5.13. The zero-order chi connectivity index (χ0) is 16.9. The first-order valence-corrected chi connectivity index (χ1v) is 8.04. The highest BCUT2D eigenvalue weighted by Crippen LogP contribution is 2.28. The van der Waals surface area contributed by atoms with Gasteiger partial charge in [0.2, 0.25) is 0 Å². The van der Waals surface area contributed by atoms with E-state index in [1.54, 1.807) is 24.3 Å². The molecule has 5 nitrogen and oxygen atoms in total. The lowest BCUT2D eigenvalue weighted by Crippen LogP contribution is -2.38. The minimum Gasteiger partial charge on any atom is -0.490 e. The molecule has 0 amide bonds. The number of esters is 1. The maximum Gasteiger partial charge on any atom is 0.326 e. The summed E-state index contributed by atoms with van der Waals surface area (Å²) in [6.45, 7) is 0.133. The van der Waals surface area contributed by atoms with Crippen LogP contribution in [0.5, 0.6) is 5.75 Å². The molecule has 5 heteroatoms. The molecular weight excluding hydrogens is 306 g/mol. The largest absolute Gasteiger partial charge is 0.490 e. The molecule has 2 atom stereocenters. The molecule has 1 saturated carbocycles. The Labute approximate surface area is 141 Å². The molecular formula is C19H21NO4. The number of carbonyl (C=O) groups excluding carboxylic acids is 1. The third-order valence-corrected chi connectivity index (χ3v) is 3.88. The van der Waals surface area contributed by atoms with Crippen molar-refractivity contribution in [3.05, 3.63) is 65.7 Å². The van der Waals surface area contributed by atoms with E-state index >= 15 is 0 Å². The fourth-order valence-corrected chi connectivity index (χ4v) is 2.28. The van der Waals surface area contributed by atoms with Crippen molar-refractivity contribution in [1.82, 2.24) is 0 Å². The minimum atomic E-state index is -1.14. The van der Waals surface area contributed by atoms with E-state index in [0.29, 0.717) is 11.7 Å². The van der Waals surface area contributed by atoms with Crippen LogP contribution in [0.3, 0.4) is 0 Å². The zero-order valence-corrected chi connectivity index (χ0v) is 13.3. The maximum absolute atomic E-state index is 12.0. The van der Waals surface area contributed by atoms with Gasteiger partial charge in [0.25, 0.3) is 0 Å². The second-order valence-electron chi connectivity index (χ2n) is 5.95. The van der Waals surface area contributed by atoms with Gasteiger partial charge in [-0.25, -0.2) is 0 Å². The molecule has 1 fully saturated rings. The SMILES string of the molecule is N[C@H](C(=O)OCc1ccccc1)[C@H](O)c1ccc(OC2CC2)cc1. The van der Waals surface area contributed by atoms with Crippen LogP contribution in [0.4, 0.5) is 0 Å². The summed E-state index contributed by atoms with van der Waals surface area (Å²) in [6.07, 6.45) is 1.37. The summed E-state index contributed by atoms with van der Waals surface area (Å²) in [5, 5.41) is 10.3. The molecule has 0 aliphatic heterocycles. The number of aliphatic hydroxyl groups is 1. The molecule has 2 aromatic carbocycles. The molecule has 3 rings (SSSR count). The van der Waals surface area contributed by atoms with Crippen LogP contribution in [0, 0.1) is 0 Å². The van der Waals surface area contributed by atoms with Gasteiger partial charge in [-0.3, -0.25) is 4.79 Å². The summed E-state index contributed by atoms with van der Waals surface area (Å²) < 4.78 is 10.8. The van der Waals surface area contributed by atoms with E-state index in [1.165, 1.54) is 0 Å². The Hall–Kier alpha value is -2.37. The third kappa shape index (κ3) is 4.34. The molecule has 0 spiro atoms. The van der Waals surface area contributed by atoms with Crippen molar-refractivity contribution in [3.63, 3.8) is 0 Å². The lowest BCUT2D eigenvalue weighted by molar-refractivity contribution is -0.149. The molecule has 3 N–H and O–H groups in total. The molecule has 0 saturated heterocycles. The number of hydrogen-bond donors (Lipinski definition) is 2. The summed E-state index contributed by atoms with van der Waals surface area (Å²) in [4.78, 5) is 12.0. The normalized spacial score (nSPS) is 16.2. The molecule has 0 bridgehead atoms. The number of rotatable bonds is 7. The lowest BCUT2D eigenvalue weighted by atomic mass is 10.0. The van der Waals surface area contributed by atoms with Crippen LogP contribution in [0.1, 0.15) is 30.1 Å². The number of hydrogen-bond acceptors (Lipinski definition) is 5. The van der Waals surface area contributed by atoms with Gasteiger partial charge in [-0.15, -0.1) is 0 Å². The molecule has 1 aliphatic rings. The quantitative estimate of drug-likeness (QED) is 0.763. The van der Waals surface area contributed by atoms with Crippen LogP contribution in [0.15, 0.2) is 54.6 Å². The smallest absolute Gasteiger partial charge is 0.326 e. The van der Waals surface area contributed by atoms with E-state index < -0.39 is 18.1 Å². The first-order chi connectivity index (χ1) is 11.6. The Morgan fingerprint density at radius 2 is 1.79 bits per heavy atom. The van der Waals surface area contributed by atoms with E-state index in [9.17, 15) is 9.90 Å². The zero-order valence-electron chi connectivity index (χ0n) is 13.3. The van der Waals surface area contributed by atoms with Crippen molar-refractivity contribution in [2.45, 2.75) is 37.7 Å². The van der Waals surface area contributed by atoms with Crippen molar-refractivity contribution < 1.29 is 19.4 Å². The van der Waals surface area contributed by atoms with Crippen LogP contribution >= 0.6 is 0 Å². The van der Waals surface area contributed by atoms with Crippen molar-refractivity contribution in [1.29, 1.82) is 0 Å². The molecule has 1 aliphatic carbocycles. The van der Waals surface area contributed by atoms with Gasteiger partial charge in [0.15, 0.2) is 0 Å². The summed E-state index contributed by atoms with van der Waals surface area (Å²) in [7, 11) is 0. The van der Waals surface area contributed by atoms with Gasteiger partial charge in [-0.2, -0.15) is 0 Å². The predicted molar refractivity (Wildman–Crippen MR) is 89.3 cm³/mol. The molecule has 24 heavy (non-hydrogen) atoms. The summed E-state index contributed by atoms with van der Waals surface area (Å²) >= 11 is 0. The molecule has 126 valence electrons. The van der Waals surface area contributed by atoms with Crippen LogP contribution in [0.2, 0.25) is 0 Å². The average Bonchev–Trinajstić information content (AvgIpc) is 3.44. The fraction of sp³-hybridized carbons (Fsp3) is 0.316. The first-order valence-electron chi connectivity index (χ1n) is 8.04. The topological polar surface area (TPSA) is 81.8 Å². The van der Waals surface area contributed by atoms with E-state index in [4.69, 9.17) is 15.2 Å². The summed E-state index contributed by atoms with van der Waals surface area (Å²) in [5.41, 5.74) is 7.26. The van der Waals surface area contributed by atoms with Crippen molar-refractivity contribution in [2.75, 3.05) is 0 Å². The summed E-state index contributed by atoms with van der Waals surface area (Å²) in [5.74, 6) is 0.123. The highest BCUT2D eigenvalue weighted by atomic mass is 16.5. The predicted octanol–water partition coefficient (Wildman–Crippen LogP) is 2.33. The van der Waals surface area contributed by atoms with Crippen LogP contribution in [-0.2, 0) is 16.1 Å². The molecule has 2 aromatic rings. The highest BCUT2D eigenvalue weighted by Gasteiger charge is 2.26. The number of benzene rings is 2. The number of aliphatic hydroxyl groups excluding tert-OH is 1. The van der Waals surface area contributed by atoms with E-state index in [-0.39, 0.29) is 6.61 Å². The maximum atomic E-state index is 12.0. The Morgan fingerprint density at radius 3 is 2.42 bits per heavy atom. The molecule has 0 aromatic heterocycles. The van der Waals surface area contributed by atoms with E-state index in [1.807, 2.05) is 30.3 Å². The minimum absolute atomic E-state index is 0.133. The van der Waals surface area contributed by atoms with E-state index in [2.05, 4.69) is 0 Å². The van der Waals surface area contributed by atoms with Crippen molar-refractivity contribution in [2.24, 2.45) is 5.73 Å². The second kappa shape index (κ2) is 7.47. The first kappa shape index (κ1) is 16.5. The monoisotopic (exact) mass is 327 g/mol. The number of nitrogens with two attached hydrogens (primary N) is 1. The van der Waals surface area contributed by atoms with Gasteiger partial charge in [0.05, 0.1) is 6.10 Å².